The Morgan fingerprint density at radius 1 is 1.11 bits per heavy atom. The van der Waals surface area contributed by atoms with Crippen LogP contribution in [0.3, 0.4) is 0 Å². The Balaban J connectivity index is 0.00000171. The zero-order chi connectivity index (χ0) is 23.2. The van der Waals surface area contributed by atoms with E-state index in [-0.39, 0.29) is 43.0 Å². The van der Waals surface area contributed by atoms with Crippen LogP contribution in [0.15, 0.2) is 48.7 Å². The molecule has 0 amide bonds. The number of nitrogens with two attached hydrogens (primary N) is 1. The van der Waals surface area contributed by atoms with E-state index in [1.165, 1.54) is 17.2 Å². The van der Waals surface area contributed by atoms with Crippen molar-refractivity contribution in [1.82, 2.24) is 24.5 Å². The Morgan fingerprint density at radius 3 is 2.60 bits per heavy atom. The predicted molar refractivity (Wildman–Crippen MR) is 132 cm³/mol. The molecule has 1 saturated heterocycles. The van der Waals surface area contributed by atoms with Gasteiger partial charge in [0.25, 0.3) is 0 Å². The summed E-state index contributed by atoms with van der Waals surface area (Å²) in [5.41, 5.74) is 8.63. The number of aromatic nitrogens is 4. The fourth-order valence-electron chi connectivity index (χ4n) is 4.51. The van der Waals surface area contributed by atoms with E-state index in [9.17, 15) is 13.2 Å². The zero-order valence-electron chi connectivity index (χ0n) is 18.8. The lowest BCUT2D eigenvalue weighted by Gasteiger charge is -2.30. The lowest BCUT2D eigenvalue weighted by molar-refractivity contribution is -0.183. The number of para-hydroxylation sites is 1. The van der Waals surface area contributed by atoms with Crippen molar-refractivity contribution in [2.75, 3.05) is 20.2 Å². The number of hydrogen-bond acceptors (Lipinski definition) is 6. The summed E-state index contributed by atoms with van der Waals surface area (Å²) < 4.78 is 49.1. The Kier molecular flexibility index (Phi) is 8.23. The SMILES string of the molecule is COCc1cccc2ccc(-c3nnc4ccc([C@@H](N5CC[C@H](N)C5)C(F)(F)F)cn34)nc12.Cl.Cl. The smallest absolute Gasteiger partial charge is 0.380 e. The second kappa shape index (κ2) is 10.6. The summed E-state index contributed by atoms with van der Waals surface area (Å²) >= 11 is 0. The monoisotopic (exact) mass is 528 g/mol. The van der Waals surface area contributed by atoms with Gasteiger partial charge in [-0.05, 0) is 24.1 Å². The van der Waals surface area contributed by atoms with Gasteiger partial charge in [-0.3, -0.25) is 9.30 Å². The van der Waals surface area contributed by atoms with Crippen molar-refractivity contribution in [2.24, 2.45) is 5.73 Å². The molecular formula is C23H25Cl2F3N6O. The van der Waals surface area contributed by atoms with Crippen LogP contribution in [-0.2, 0) is 11.3 Å². The topological polar surface area (TPSA) is 81.6 Å². The molecule has 0 aliphatic carbocycles. The Hall–Kier alpha value is -2.50. The van der Waals surface area contributed by atoms with E-state index in [0.717, 1.165) is 16.5 Å². The van der Waals surface area contributed by atoms with Crippen LogP contribution < -0.4 is 5.73 Å². The average Bonchev–Trinajstić information content (AvgIpc) is 3.39. The highest BCUT2D eigenvalue weighted by atomic mass is 35.5. The first-order valence-electron chi connectivity index (χ1n) is 10.6. The van der Waals surface area contributed by atoms with Crippen molar-refractivity contribution in [3.05, 3.63) is 59.8 Å². The van der Waals surface area contributed by atoms with Crippen LogP contribution in [-0.4, -0.2) is 56.9 Å². The van der Waals surface area contributed by atoms with E-state index in [1.54, 1.807) is 23.6 Å². The molecule has 4 heterocycles. The van der Waals surface area contributed by atoms with Crippen molar-refractivity contribution < 1.29 is 17.9 Å². The molecule has 7 nitrogen and oxygen atoms in total. The Bertz CT molecular complexity index is 1320. The standard InChI is InChI=1S/C23H23F3N6O.2ClH/c1-33-13-16-4-2-3-14-5-7-18(28-20(14)16)22-30-29-19-8-6-15(11-32(19)22)21(23(24,25)26)31-10-9-17(27)12-31;;/h2-8,11,17,21H,9-10,12-13,27H2,1H3;2*1H/t17-,21+;;/m0../s1. The lowest BCUT2D eigenvalue weighted by atomic mass is 10.1. The van der Waals surface area contributed by atoms with E-state index >= 15 is 0 Å². The van der Waals surface area contributed by atoms with Gasteiger partial charge in [-0.2, -0.15) is 13.2 Å². The summed E-state index contributed by atoms with van der Waals surface area (Å²) in [6, 6.07) is 10.5. The van der Waals surface area contributed by atoms with E-state index in [1.807, 2.05) is 24.3 Å². The molecule has 2 atom stereocenters. The number of pyridine rings is 2. The minimum absolute atomic E-state index is 0. The minimum atomic E-state index is -4.44. The van der Waals surface area contributed by atoms with Crippen molar-refractivity contribution in [2.45, 2.75) is 31.3 Å². The van der Waals surface area contributed by atoms with E-state index in [2.05, 4.69) is 10.2 Å². The largest absolute Gasteiger partial charge is 0.408 e. The molecule has 0 unspecified atom stereocenters. The number of methoxy groups -OCH3 is 1. The van der Waals surface area contributed by atoms with Gasteiger partial charge in [-0.1, -0.05) is 30.3 Å². The molecule has 35 heavy (non-hydrogen) atoms. The summed E-state index contributed by atoms with van der Waals surface area (Å²) in [5, 5.41) is 9.30. The van der Waals surface area contributed by atoms with Crippen molar-refractivity contribution >= 4 is 41.4 Å². The summed E-state index contributed by atoms with van der Waals surface area (Å²) in [5.74, 6) is 0.375. The fourth-order valence-corrected chi connectivity index (χ4v) is 4.51. The number of rotatable bonds is 5. The molecule has 4 aromatic rings. The average molecular weight is 529 g/mol. The number of ether oxygens (including phenoxy) is 1. The van der Waals surface area contributed by atoms with Crippen LogP contribution in [0, 0.1) is 0 Å². The maximum Gasteiger partial charge on any atom is 0.408 e. The summed E-state index contributed by atoms with van der Waals surface area (Å²) in [6.07, 6.45) is -2.45. The predicted octanol–water partition coefficient (Wildman–Crippen LogP) is 4.57. The first-order valence-corrected chi connectivity index (χ1v) is 10.6. The Labute approximate surface area is 212 Å². The van der Waals surface area contributed by atoms with Gasteiger partial charge in [0, 0.05) is 43.4 Å². The number of benzene rings is 1. The summed E-state index contributed by atoms with van der Waals surface area (Å²) in [7, 11) is 1.61. The van der Waals surface area contributed by atoms with Gasteiger partial charge in [0.1, 0.15) is 11.7 Å². The maximum absolute atomic E-state index is 14.1. The molecule has 3 aromatic heterocycles. The van der Waals surface area contributed by atoms with Crippen molar-refractivity contribution in [1.29, 1.82) is 0 Å². The molecule has 0 spiro atoms. The van der Waals surface area contributed by atoms with Gasteiger partial charge in [0.15, 0.2) is 11.5 Å². The molecule has 1 aromatic carbocycles. The third kappa shape index (κ3) is 5.22. The van der Waals surface area contributed by atoms with E-state index in [0.29, 0.717) is 36.7 Å². The molecule has 2 N–H and O–H groups in total. The summed E-state index contributed by atoms with van der Waals surface area (Å²) in [4.78, 5) is 6.13. The second-order valence-electron chi connectivity index (χ2n) is 8.32. The normalized spacial score (nSPS) is 17.3. The lowest BCUT2D eigenvalue weighted by Crippen LogP contribution is -2.38. The number of halogens is 5. The molecule has 0 bridgehead atoms. The number of fused-ring (bicyclic) bond motifs is 2. The first-order chi connectivity index (χ1) is 15.8. The van der Waals surface area contributed by atoms with Gasteiger partial charge in [-0.25, -0.2) is 4.98 Å². The molecule has 0 saturated carbocycles. The third-order valence-corrected chi connectivity index (χ3v) is 6.01. The fraction of sp³-hybridized carbons (Fsp3) is 0.348. The highest BCUT2D eigenvalue weighted by molar-refractivity contribution is 5.86. The van der Waals surface area contributed by atoms with Gasteiger partial charge in [-0.15, -0.1) is 35.0 Å². The molecule has 0 radical (unpaired) electrons. The van der Waals surface area contributed by atoms with Crippen molar-refractivity contribution in [3.63, 3.8) is 0 Å². The van der Waals surface area contributed by atoms with Crippen LogP contribution in [0.5, 0.6) is 0 Å². The van der Waals surface area contributed by atoms with E-state index in [4.69, 9.17) is 15.5 Å². The number of alkyl halides is 3. The molecule has 188 valence electrons. The van der Waals surface area contributed by atoms with Gasteiger partial charge >= 0.3 is 6.18 Å². The van der Waals surface area contributed by atoms with Crippen LogP contribution in [0.2, 0.25) is 0 Å². The maximum atomic E-state index is 14.1. The van der Waals surface area contributed by atoms with Crippen LogP contribution in [0.25, 0.3) is 28.1 Å². The molecule has 1 fully saturated rings. The van der Waals surface area contributed by atoms with Gasteiger partial charge < -0.3 is 10.5 Å². The summed E-state index contributed by atoms with van der Waals surface area (Å²) in [6.45, 7) is 0.891. The van der Waals surface area contributed by atoms with Crippen molar-refractivity contribution in [3.8, 4) is 11.5 Å². The number of hydrogen-bond donors (Lipinski definition) is 1. The number of nitrogens with zero attached hydrogens (tertiary/aromatic N) is 5. The molecular weight excluding hydrogens is 504 g/mol. The van der Waals surface area contributed by atoms with Crippen LogP contribution in [0.1, 0.15) is 23.6 Å². The third-order valence-electron chi connectivity index (χ3n) is 6.01. The molecule has 5 rings (SSSR count). The van der Waals surface area contributed by atoms with Gasteiger partial charge in [0.05, 0.1) is 12.1 Å². The molecule has 1 aliphatic rings. The molecule has 1 aliphatic heterocycles. The highest BCUT2D eigenvalue weighted by Gasteiger charge is 2.46. The van der Waals surface area contributed by atoms with Crippen LogP contribution in [0.4, 0.5) is 13.2 Å². The minimum Gasteiger partial charge on any atom is -0.380 e. The Morgan fingerprint density at radius 2 is 1.91 bits per heavy atom. The second-order valence-corrected chi connectivity index (χ2v) is 8.32. The first kappa shape index (κ1) is 27.1. The zero-order valence-corrected chi connectivity index (χ0v) is 20.4. The number of likely N-dealkylation sites (tertiary alicyclic amines) is 1. The molecule has 12 heteroatoms. The van der Waals surface area contributed by atoms with Gasteiger partial charge in [0.2, 0.25) is 0 Å². The van der Waals surface area contributed by atoms with Crippen LogP contribution >= 0.6 is 24.8 Å². The highest BCUT2D eigenvalue weighted by Crippen LogP contribution is 2.39. The quantitative estimate of drug-likeness (QED) is 0.408. The van der Waals surface area contributed by atoms with E-state index < -0.39 is 12.2 Å².